The molecule has 3 nitrogen and oxygen atoms in total. The Morgan fingerprint density at radius 2 is 2.18 bits per heavy atom. The number of rotatable bonds is 5. The Bertz CT molecular complexity index is 404. The molecular weight excluding hydrogens is 232 g/mol. The van der Waals surface area contributed by atoms with Crippen LogP contribution in [0.3, 0.4) is 0 Å². The molecule has 1 rings (SSSR count). The van der Waals surface area contributed by atoms with E-state index in [2.05, 4.69) is 11.0 Å². The van der Waals surface area contributed by atoms with Crippen LogP contribution < -0.4 is 10.6 Å². The van der Waals surface area contributed by atoms with Gasteiger partial charge in [-0.15, -0.1) is 0 Å². The fourth-order valence-electron chi connectivity index (χ4n) is 1.67. The summed E-state index contributed by atoms with van der Waals surface area (Å²) >= 11 is 4.98. The summed E-state index contributed by atoms with van der Waals surface area (Å²) in [6.45, 7) is 4.62. The molecule has 0 aliphatic rings. The molecule has 0 spiro atoms. The first-order valence-electron chi connectivity index (χ1n) is 5.71. The molecule has 0 saturated heterocycles. The van der Waals surface area contributed by atoms with Crippen molar-refractivity contribution >= 4 is 22.9 Å². The van der Waals surface area contributed by atoms with Crippen LogP contribution in [0.25, 0.3) is 0 Å². The SMILES string of the molecule is Cc1cc(N(C)CCC(C)O)ccc1C(N)=S. The van der Waals surface area contributed by atoms with E-state index in [1.165, 1.54) is 0 Å². The van der Waals surface area contributed by atoms with E-state index in [1.54, 1.807) is 6.92 Å². The van der Waals surface area contributed by atoms with Crippen LogP contribution in [0.4, 0.5) is 5.69 Å². The van der Waals surface area contributed by atoms with Crippen molar-refractivity contribution in [2.75, 3.05) is 18.5 Å². The van der Waals surface area contributed by atoms with Crippen LogP contribution in [0, 0.1) is 6.92 Å². The molecular formula is C13H20N2OS. The molecule has 0 saturated carbocycles. The van der Waals surface area contributed by atoms with Crippen LogP contribution in [-0.2, 0) is 0 Å². The summed E-state index contributed by atoms with van der Waals surface area (Å²) in [5.74, 6) is 0. The van der Waals surface area contributed by atoms with Crippen LogP contribution in [0.2, 0.25) is 0 Å². The lowest BCUT2D eigenvalue weighted by molar-refractivity contribution is 0.187. The van der Waals surface area contributed by atoms with Gasteiger partial charge in [-0.3, -0.25) is 0 Å². The van der Waals surface area contributed by atoms with Gasteiger partial charge in [0, 0.05) is 24.8 Å². The fraction of sp³-hybridized carbons (Fsp3) is 0.462. The molecule has 17 heavy (non-hydrogen) atoms. The van der Waals surface area contributed by atoms with E-state index in [0.29, 0.717) is 4.99 Å². The number of nitrogens with zero attached hydrogens (tertiary/aromatic N) is 1. The van der Waals surface area contributed by atoms with Crippen molar-refractivity contribution < 1.29 is 5.11 Å². The molecule has 1 atom stereocenters. The average Bonchev–Trinajstić information content (AvgIpc) is 2.25. The van der Waals surface area contributed by atoms with Crippen LogP contribution in [0.15, 0.2) is 18.2 Å². The maximum absolute atomic E-state index is 9.26. The van der Waals surface area contributed by atoms with Gasteiger partial charge in [-0.2, -0.15) is 0 Å². The third-order valence-corrected chi connectivity index (χ3v) is 3.02. The lowest BCUT2D eigenvalue weighted by Gasteiger charge is -2.21. The predicted molar refractivity (Wildman–Crippen MR) is 76.6 cm³/mol. The van der Waals surface area contributed by atoms with Gasteiger partial charge < -0.3 is 15.7 Å². The van der Waals surface area contributed by atoms with E-state index in [9.17, 15) is 5.11 Å². The topological polar surface area (TPSA) is 49.5 Å². The predicted octanol–water partition coefficient (Wildman–Crippen LogP) is 1.84. The molecule has 3 N–H and O–H groups in total. The second-order valence-electron chi connectivity index (χ2n) is 4.42. The number of aliphatic hydroxyl groups excluding tert-OH is 1. The summed E-state index contributed by atoms with van der Waals surface area (Å²) in [7, 11) is 2.01. The maximum atomic E-state index is 9.26. The summed E-state index contributed by atoms with van der Waals surface area (Å²) < 4.78 is 0. The van der Waals surface area contributed by atoms with E-state index in [4.69, 9.17) is 18.0 Å². The van der Waals surface area contributed by atoms with Crippen LogP contribution in [0.5, 0.6) is 0 Å². The van der Waals surface area contributed by atoms with Crippen molar-refractivity contribution in [3.8, 4) is 0 Å². The zero-order valence-electron chi connectivity index (χ0n) is 10.6. The van der Waals surface area contributed by atoms with Crippen molar-refractivity contribution in [3.05, 3.63) is 29.3 Å². The maximum Gasteiger partial charge on any atom is 0.104 e. The van der Waals surface area contributed by atoms with Gasteiger partial charge in [0.2, 0.25) is 0 Å². The molecule has 1 unspecified atom stereocenters. The zero-order valence-corrected chi connectivity index (χ0v) is 11.4. The standard InChI is InChI=1S/C13H20N2OS/c1-9-8-11(4-5-12(9)13(14)17)15(3)7-6-10(2)16/h4-5,8,10,16H,6-7H2,1-3H3,(H2,14,17). The largest absolute Gasteiger partial charge is 0.393 e. The van der Waals surface area contributed by atoms with Gasteiger partial charge >= 0.3 is 0 Å². The number of aliphatic hydroxyl groups is 1. The van der Waals surface area contributed by atoms with Crippen molar-refractivity contribution in [2.45, 2.75) is 26.4 Å². The molecule has 0 aliphatic heterocycles. The molecule has 0 bridgehead atoms. The highest BCUT2D eigenvalue weighted by atomic mass is 32.1. The number of nitrogens with two attached hydrogens (primary N) is 1. The van der Waals surface area contributed by atoms with Gasteiger partial charge in [-0.1, -0.05) is 12.2 Å². The lowest BCUT2D eigenvalue weighted by atomic mass is 10.1. The first-order valence-corrected chi connectivity index (χ1v) is 6.12. The second kappa shape index (κ2) is 5.98. The van der Waals surface area contributed by atoms with E-state index in [0.717, 1.165) is 29.8 Å². The molecule has 0 amide bonds. The molecule has 0 fully saturated rings. The summed E-state index contributed by atoms with van der Waals surface area (Å²) in [5, 5.41) is 9.26. The van der Waals surface area contributed by atoms with E-state index in [1.807, 2.05) is 26.1 Å². The van der Waals surface area contributed by atoms with Gasteiger partial charge in [-0.05, 0) is 44.0 Å². The highest BCUT2D eigenvalue weighted by molar-refractivity contribution is 7.80. The quantitative estimate of drug-likeness (QED) is 0.785. The highest BCUT2D eigenvalue weighted by Gasteiger charge is 2.06. The normalized spacial score (nSPS) is 12.2. The van der Waals surface area contributed by atoms with Gasteiger partial charge in [-0.25, -0.2) is 0 Å². The summed E-state index contributed by atoms with van der Waals surface area (Å²) in [6, 6.07) is 6.02. The van der Waals surface area contributed by atoms with Crippen LogP contribution in [0.1, 0.15) is 24.5 Å². The summed E-state index contributed by atoms with van der Waals surface area (Å²) in [5.41, 5.74) is 8.74. The fourth-order valence-corrected chi connectivity index (χ4v) is 1.90. The highest BCUT2D eigenvalue weighted by Crippen LogP contribution is 2.18. The lowest BCUT2D eigenvalue weighted by Crippen LogP contribution is -2.22. The third-order valence-electron chi connectivity index (χ3n) is 2.80. The minimum absolute atomic E-state index is 0.269. The molecule has 0 aromatic heterocycles. The van der Waals surface area contributed by atoms with Crippen molar-refractivity contribution in [3.63, 3.8) is 0 Å². The Balaban J connectivity index is 2.79. The van der Waals surface area contributed by atoms with Crippen molar-refractivity contribution in [2.24, 2.45) is 5.73 Å². The van der Waals surface area contributed by atoms with Gasteiger partial charge in [0.05, 0.1) is 6.10 Å². The van der Waals surface area contributed by atoms with Gasteiger partial charge in [0.25, 0.3) is 0 Å². The molecule has 1 aromatic rings. The monoisotopic (exact) mass is 252 g/mol. The number of hydrogen-bond acceptors (Lipinski definition) is 3. The minimum Gasteiger partial charge on any atom is -0.393 e. The third kappa shape index (κ3) is 3.98. The number of thiocarbonyl (C=S) groups is 1. The van der Waals surface area contributed by atoms with E-state index < -0.39 is 0 Å². The Morgan fingerprint density at radius 3 is 2.65 bits per heavy atom. The van der Waals surface area contributed by atoms with Gasteiger partial charge in [0.15, 0.2) is 0 Å². The van der Waals surface area contributed by atoms with Crippen molar-refractivity contribution in [1.82, 2.24) is 0 Å². The smallest absolute Gasteiger partial charge is 0.104 e. The Morgan fingerprint density at radius 1 is 1.53 bits per heavy atom. The van der Waals surface area contributed by atoms with E-state index >= 15 is 0 Å². The molecule has 0 aliphatic carbocycles. The molecule has 4 heteroatoms. The van der Waals surface area contributed by atoms with E-state index in [-0.39, 0.29) is 6.10 Å². The first-order chi connectivity index (χ1) is 7.91. The summed E-state index contributed by atoms with van der Waals surface area (Å²) in [4.78, 5) is 2.55. The zero-order chi connectivity index (χ0) is 13.0. The molecule has 0 heterocycles. The molecule has 1 aromatic carbocycles. The Labute approximate surface area is 108 Å². The number of hydrogen-bond donors (Lipinski definition) is 2. The summed E-state index contributed by atoms with van der Waals surface area (Å²) in [6.07, 6.45) is 0.488. The van der Waals surface area contributed by atoms with Crippen molar-refractivity contribution in [1.29, 1.82) is 0 Å². The number of aryl methyl sites for hydroxylation is 1. The molecule has 94 valence electrons. The average molecular weight is 252 g/mol. The Hall–Kier alpha value is -1.13. The minimum atomic E-state index is -0.269. The number of anilines is 1. The van der Waals surface area contributed by atoms with Crippen LogP contribution >= 0.6 is 12.2 Å². The van der Waals surface area contributed by atoms with Gasteiger partial charge in [0.1, 0.15) is 4.99 Å². The first kappa shape index (κ1) is 13.9. The second-order valence-corrected chi connectivity index (χ2v) is 4.86. The number of benzene rings is 1. The van der Waals surface area contributed by atoms with Crippen LogP contribution in [-0.4, -0.2) is 29.8 Å². The molecule has 0 radical (unpaired) electrons. The Kier molecular flexibility index (Phi) is 4.90.